The lowest BCUT2D eigenvalue weighted by Gasteiger charge is -2.30. The molecule has 1 aromatic carbocycles. The van der Waals surface area contributed by atoms with E-state index in [1.165, 1.54) is 0 Å². The molecule has 146 valence electrons. The first-order valence-electron chi connectivity index (χ1n) is 9.09. The molecule has 1 aliphatic rings. The number of carbonyl (C=O) groups excluding carboxylic acids is 1. The molecule has 0 aliphatic carbocycles. The van der Waals surface area contributed by atoms with Gasteiger partial charge in [0, 0.05) is 24.3 Å². The van der Waals surface area contributed by atoms with Crippen LogP contribution >= 0.6 is 0 Å². The Morgan fingerprint density at radius 2 is 2.00 bits per heavy atom. The zero-order valence-electron chi connectivity index (χ0n) is 15.9. The minimum Gasteiger partial charge on any atom is -0.361 e. The first kappa shape index (κ1) is 19.6. The first-order chi connectivity index (χ1) is 12.8. The second-order valence-electron chi connectivity index (χ2n) is 7.16. The second-order valence-corrected chi connectivity index (χ2v) is 9.10. The number of nitrogens with zero attached hydrogens (tertiary/aromatic N) is 2. The van der Waals surface area contributed by atoms with Gasteiger partial charge >= 0.3 is 0 Å². The third-order valence-electron chi connectivity index (χ3n) is 4.91. The quantitative estimate of drug-likeness (QED) is 0.846. The summed E-state index contributed by atoms with van der Waals surface area (Å²) in [6.45, 7) is 6.74. The Balaban J connectivity index is 1.67. The Bertz CT molecular complexity index is 899. The fraction of sp³-hybridized carbons (Fsp3) is 0.474. The van der Waals surface area contributed by atoms with Gasteiger partial charge < -0.3 is 9.84 Å². The van der Waals surface area contributed by atoms with E-state index in [0.29, 0.717) is 36.1 Å². The van der Waals surface area contributed by atoms with Crippen LogP contribution in [-0.2, 0) is 21.2 Å². The van der Waals surface area contributed by atoms with Crippen molar-refractivity contribution in [2.24, 2.45) is 5.92 Å². The van der Waals surface area contributed by atoms with Gasteiger partial charge in [0.05, 0.1) is 17.0 Å². The third-order valence-corrected chi connectivity index (χ3v) is 6.79. The zero-order chi connectivity index (χ0) is 19.6. The van der Waals surface area contributed by atoms with E-state index in [1.54, 1.807) is 42.4 Å². The highest BCUT2D eigenvalue weighted by atomic mass is 32.2. The highest BCUT2D eigenvalue weighted by Gasteiger charge is 2.28. The molecular weight excluding hydrogens is 366 g/mol. The van der Waals surface area contributed by atoms with Crippen molar-refractivity contribution in [1.29, 1.82) is 0 Å². The number of benzene rings is 1. The van der Waals surface area contributed by atoms with E-state index in [9.17, 15) is 13.2 Å². The van der Waals surface area contributed by atoms with Crippen LogP contribution in [0.3, 0.4) is 0 Å². The van der Waals surface area contributed by atoms with E-state index in [0.717, 1.165) is 18.4 Å². The Hall–Kier alpha value is -2.19. The number of anilines is 1. The summed E-state index contributed by atoms with van der Waals surface area (Å²) in [5.41, 5.74) is 2.02. The number of nitrogens with one attached hydrogen (secondary N) is 1. The minimum absolute atomic E-state index is 0.160. The standard InChI is InChI=1S/C19H25N3O4S/c1-13-5-4-10-22(12-13)27(24,25)17-8-6-16(7-9-17)20-19(23)11-18-14(2)21-26-15(18)3/h6-9,13H,4-5,10-12H2,1-3H3,(H,20,23)/t13-/m0/s1. The molecule has 0 bridgehead atoms. The van der Waals surface area contributed by atoms with Crippen molar-refractivity contribution in [3.05, 3.63) is 41.3 Å². The largest absolute Gasteiger partial charge is 0.361 e. The van der Waals surface area contributed by atoms with Crippen LogP contribution in [0.5, 0.6) is 0 Å². The maximum atomic E-state index is 12.8. The molecule has 8 heteroatoms. The fourth-order valence-corrected chi connectivity index (χ4v) is 4.94. The summed E-state index contributed by atoms with van der Waals surface area (Å²) in [5.74, 6) is 0.793. The number of amides is 1. The first-order valence-corrected chi connectivity index (χ1v) is 10.5. The molecule has 1 amide bonds. The molecule has 1 fully saturated rings. The molecule has 0 unspecified atom stereocenters. The van der Waals surface area contributed by atoms with Crippen molar-refractivity contribution >= 4 is 21.6 Å². The molecule has 1 aliphatic heterocycles. The average Bonchev–Trinajstić information content (AvgIpc) is 2.94. The van der Waals surface area contributed by atoms with E-state index in [1.807, 2.05) is 0 Å². The van der Waals surface area contributed by atoms with Crippen LogP contribution in [0.2, 0.25) is 0 Å². The molecule has 1 atom stereocenters. The molecule has 27 heavy (non-hydrogen) atoms. The normalized spacial score (nSPS) is 18.4. The van der Waals surface area contributed by atoms with Crippen LogP contribution < -0.4 is 5.32 Å². The fourth-order valence-electron chi connectivity index (χ4n) is 3.34. The van der Waals surface area contributed by atoms with E-state index in [4.69, 9.17) is 4.52 Å². The predicted molar refractivity (Wildman–Crippen MR) is 102 cm³/mol. The van der Waals surface area contributed by atoms with Crippen molar-refractivity contribution in [2.75, 3.05) is 18.4 Å². The van der Waals surface area contributed by atoms with Crippen LogP contribution in [0.1, 0.15) is 36.8 Å². The van der Waals surface area contributed by atoms with Crippen molar-refractivity contribution in [1.82, 2.24) is 9.46 Å². The lowest BCUT2D eigenvalue weighted by atomic mass is 10.0. The number of hydrogen-bond acceptors (Lipinski definition) is 5. The number of sulfonamides is 1. The Morgan fingerprint density at radius 1 is 1.30 bits per heavy atom. The van der Waals surface area contributed by atoms with Gasteiger partial charge in [0.1, 0.15) is 5.76 Å². The lowest BCUT2D eigenvalue weighted by molar-refractivity contribution is -0.115. The van der Waals surface area contributed by atoms with Gasteiger partial charge in [-0.3, -0.25) is 4.79 Å². The van der Waals surface area contributed by atoms with Gasteiger partial charge in [0.2, 0.25) is 15.9 Å². The topological polar surface area (TPSA) is 92.5 Å². The molecule has 2 aromatic rings. The summed E-state index contributed by atoms with van der Waals surface area (Å²) >= 11 is 0. The van der Waals surface area contributed by atoms with Gasteiger partial charge in [-0.15, -0.1) is 0 Å². The van der Waals surface area contributed by atoms with Gasteiger partial charge in [0.15, 0.2) is 0 Å². The zero-order valence-corrected chi connectivity index (χ0v) is 16.7. The molecular formula is C19H25N3O4S. The Morgan fingerprint density at radius 3 is 2.59 bits per heavy atom. The summed E-state index contributed by atoms with van der Waals surface area (Å²) in [6.07, 6.45) is 2.10. The molecule has 0 spiro atoms. The second kappa shape index (κ2) is 7.82. The van der Waals surface area contributed by atoms with Gasteiger partial charge in [-0.2, -0.15) is 4.31 Å². The van der Waals surface area contributed by atoms with Crippen LogP contribution in [0.25, 0.3) is 0 Å². The maximum Gasteiger partial charge on any atom is 0.243 e. The number of aryl methyl sites for hydroxylation is 2. The smallest absolute Gasteiger partial charge is 0.243 e. The Labute approximate surface area is 159 Å². The van der Waals surface area contributed by atoms with Gasteiger partial charge in [0.25, 0.3) is 0 Å². The number of piperidine rings is 1. The summed E-state index contributed by atoms with van der Waals surface area (Å²) in [5, 5.41) is 6.62. The van der Waals surface area contributed by atoms with Crippen LogP contribution in [0.15, 0.2) is 33.7 Å². The van der Waals surface area contributed by atoms with Crippen LogP contribution in [0, 0.1) is 19.8 Å². The van der Waals surface area contributed by atoms with Crippen molar-refractivity contribution in [3.8, 4) is 0 Å². The number of rotatable bonds is 5. The van der Waals surface area contributed by atoms with E-state index in [2.05, 4.69) is 17.4 Å². The number of aromatic nitrogens is 1. The summed E-state index contributed by atoms with van der Waals surface area (Å²) in [4.78, 5) is 12.5. The molecule has 1 saturated heterocycles. The third kappa shape index (κ3) is 4.39. The van der Waals surface area contributed by atoms with Crippen molar-refractivity contribution in [3.63, 3.8) is 0 Å². The predicted octanol–water partition coefficient (Wildman–Crippen LogP) is 2.89. The maximum absolute atomic E-state index is 12.8. The molecule has 7 nitrogen and oxygen atoms in total. The summed E-state index contributed by atoms with van der Waals surface area (Å²) < 4.78 is 32.2. The molecule has 0 radical (unpaired) electrons. The molecule has 1 aromatic heterocycles. The lowest BCUT2D eigenvalue weighted by Crippen LogP contribution is -2.39. The van der Waals surface area contributed by atoms with E-state index in [-0.39, 0.29) is 17.2 Å². The highest BCUT2D eigenvalue weighted by Crippen LogP contribution is 2.24. The Kier molecular flexibility index (Phi) is 5.67. The summed E-state index contributed by atoms with van der Waals surface area (Å²) in [6, 6.07) is 6.32. The molecule has 2 heterocycles. The number of hydrogen-bond donors (Lipinski definition) is 1. The molecule has 0 saturated carbocycles. The van der Waals surface area contributed by atoms with Crippen LogP contribution in [-0.4, -0.2) is 36.9 Å². The minimum atomic E-state index is -3.49. The van der Waals surface area contributed by atoms with E-state index >= 15 is 0 Å². The highest BCUT2D eigenvalue weighted by molar-refractivity contribution is 7.89. The average molecular weight is 391 g/mol. The summed E-state index contributed by atoms with van der Waals surface area (Å²) in [7, 11) is -3.49. The van der Waals surface area contributed by atoms with Gasteiger partial charge in [-0.1, -0.05) is 12.1 Å². The SMILES string of the molecule is Cc1noc(C)c1CC(=O)Nc1ccc(S(=O)(=O)N2CCC[C@H](C)C2)cc1. The van der Waals surface area contributed by atoms with E-state index < -0.39 is 10.0 Å². The van der Waals surface area contributed by atoms with Gasteiger partial charge in [-0.05, 0) is 56.9 Å². The monoisotopic (exact) mass is 391 g/mol. The molecule has 1 N–H and O–H groups in total. The molecule has 3 rings (SSSR count). The van der Waals surface area contributed by atoms with Gasteiger partial charge in [-0.25, -0.2) is 8.42 Å². The number of carbonyl (C=O) groups is 1. The van der Waals surface area contributed by atoms with Crippen molar-refractivity contribution in [2.45, 2.75) is 44.9 Å². The van der Waals surface area contributed by atoms with Crippen LogP contribution in [0.4, 0.5) is 5.69 Å². The van der Waals surface area contributed by atoms with Crippen molar-refractivity contribution < 1.29 is 17.7 Å².